The maximum absolute atomic E-state index is 11.6. The molecule has 3 N–H and O–H groups in total. The summed E-state index contributed by atoms with van der Waals surface area (Å²) in [7, 11) is 0. The molecule has 0 spiro atoms. The van der Waals surface area contributed by atoms with Gasteiger partial charge in [0.25, 0.3) is 0 Å². The highest BCUT2D eigenvalue weighted by molar-refractivity contribution is 9.10. The molecule has 1 rings (SSSR count). The van der Waals surface area contributed by atoms with Gasteiger partial charge >= 0.3 is 0 Å². The van der Waals surface area contributed by atoms with E-state index in [2.05, 4.69) is 21.2 Å². The van der Waals surface area contributed by atoms with Gasteiger partial charge in [-0.25, -0.2) is 0 Å². The number of nitrogens with two attached hydrogens (primary N) is 1. The number of nitrogens with one attached hydrogen (secondary N) is 1. The second kappa shape index (κ2) is 7.41. The summed E-state index contributed by atoms with van der Waals surface area (Å²) in [6.45, 7) is 2.66. The Morgan fingerprint density at radius 1 is 1.61 bits per heavy atom. The van der Waals surface area contributed by atoms with Crippen molar-refractivity contribution in [3.63, 3.8) is 0 Å². The van der Waals surface area contributed by atoms with E-state index in [9.17, 15) is 4.79 Å². The lowest BCUT2D eigenvalue weighted by Gasteiger charge is -2.13. The molecule has 0 atom stereocenters. The van der Waals surface area contributed by atoms with Crippen molar-refractivity contribution in [3.05, 3.63) is 33.8 Å². The minimum absolute atomic E-state index is 0.282. The van der Waals surface area contributed by atoms with E-state index in [0.29, 0.717) is 34.1 Å². The van der Waals surface area contributed by atoms with E-state index in [1.165, 1.54) is 6.08 Å². The largest absolute Gasteiger partial charge is 0.491 e. The minimum Gasteiger partial charge on any atom is -0.491 e. The maximum atomic E-state index is 11.6. The van der Waals surface area contributed by atoms with Crippen molar-refractivity contribution in [2.45, 2.75) is 6.92 Å². The average molecular weight is 334 g/mol. The first-order chi connectivity index (χ1) is 8.58. The first-order valence-electron chi connectivity index (χ1n) is 5.38. The van der Waals surface area contributed by atoms with E-state index in [-0.39, 0.29) is 5.91 Å². The molecule has 0 fully saturated rings. The molecule has 4 nitrogen and oxygen atoms in total. The van der Waals surface area contributed by atoms with Crippen LogP contribution in [-0.2, 0) is 4.79 Å². The second-order valence-electron chi connectivity index (χ2n) is 3.32. The molecule has 98 valence electrons. The molecular formula is C12H14BrClN2O2. The fourth-order valence-corrected chi connectivity index (χ4v) is 2.22. The molecule has 1 aromatic rings. The molecule has 1 aromatic carbocycles. The average Bonchev–Trinajstić information content (AvgIpc) is 2.31. The SMILES string of the molecule is CCOc1c(Br)cc(Cl)cc1NC(=O)/C=C/CN. The molecule has 0 aliphatic heterocycles. The highest BCUT2D eigenvalue weighted by Gasteiger charge is 2.11. The molecule has 0 aromatic heterocycles. The van der Waals surface area contributed by atoms with Gasteiger partial charge in [-0.3, -0.25) is 4.79 Å². The Hall–Kier alpha value is -1.04. The number of halogens is 2. The monoisotopic (exact) mass is 332 g/mol. The maximum Gasteiger partial charge on any atom is 0.248 e. The van der Waals surface area contributed by atoms with Gasteiger partial charge in [-0.2, -0.15) is 0 Å². The number of hydrogen-bond acceptors (Lipinski definition) is 3. The van der Waals surface area contributed by atoms with Crippen LogP contribution < -0.4 is 15.8 Å². The number of amides is 1. The Kier molecular flexibility index (Phi) is 6.18. The zero-order valence-electron chi connectivity index (χ0n) is 9.87. The minimum atomic E-state index is -0.282. The Balaban J connectivity index is 2.99. The zero-order chi connectivity index (χ0) is 13.5. The Labute approximate surface area is 119 Å². The Morgan fingerprint density at radius 2 is 2.33 bits per heavy atom. The smallest absolute Gasteiger partial charge is 0.248 e. The van der Waals surface area contributed by atoms with Gasteiger partial charge in [0.1, 0.15) is 0 Å². The predicted molar refractivity (Wildman–Crippen MR) is 77.1 cm³/mol. The first kappa shape index (κ1) is 15.0. The molecular weight excluding hydrogens is 320 g/mol. The Bertz CT molecular complexity index is 464. The van der Waals surface area contributed by atoms with Gasteiger partial charge in [0.2, 0.25) is 5.91 Å². The van der Waals surface area contributed by atoms with Crippen LogP contribution >= 0.6 is 27.5 Å². The van der Waals surface area contributed by atoms with Crippen LogP contribution in [0, 0.1) is 0 Å². The molecule has 0 saturated heterocycles. The molecule has 0 heterocycles. The van der Waals surface area contributed by atoms with Gasteiger partial charge in [0.15, 0.2) is 5.75 Å². The first-order valence-corrected chi connectivity index (χ1v) is 6.55. The van der Waals surface area contributed by atoms with E-state index in [1.54, 1.807) is 18.2 Å². The van der Waals surface area contributed by atoms with Gasteiger partial charge < -0.3 is 15.8 Å². The van der Waals surface area contributed by atoms with Crippen LogP contribution in [0.5, 0.6) is 5.75 Å². The van der Waals surface area contributed by atoms with Crippen LogP contribution in [0.2, 0.25) is 5.02 Å². The number of carbonyl (C=O) groups is 1. The lowest BCUT2D eigenvalue weighted by molar-refractivity contribution is -0.111. The van der Waals surface area contributed by atoms with Crippen molar-refractivity contribution < 1.29 is 9.53 Å². The molecule has 0 aliphatic carbocycles. The van der Waals surface area contributed by atoms with Crippen molar-refractivity contribution in [1.82, 2.24) is 0 Å². The molecule has 18 heavy (non-hydrogen) atoms. The van der Waals surface area contributed by atoms with Gasteiger partial charge in [0.05, 0.1) is 16.8 Å². The highest BCUT2D eigenvalue weighted by Crippen LogP contribution is 2.36. The standard InChI is InChI=1S/C12H14BrClN2O2/c1-2-18-12-9(13)6-8(14)7-10(12)16-11(17)4-3-5-15/h3-4,6-7H,2,5,15H2,1H3,(H,16,17)/b4-3+. The fraction of sp³-hybridized carbons (Fsp3) is 0.250. The number of hydrogen-bond donors (Lipinski definition) is 2. The molecule has 1 amide bonds. The van der Waals surface area contributed by atoms with Crippen molar-refractivity contribution in [3.8, 4) is 5.75 Å². The number of rotatable bonds is 5. The third-order valence-electron chi connectivity index (χ3n) is 1.96. The number of carbonyl (C=O) groups excluding carboxylic acids is 1. The third-order valence-corrected chi connectivity index (χ3v) is 2.77. The summed E-state index contributed by atoms with van der Waals surface area (Å²) in [6.07, 6.45) is 2.93. The van der Waals surface area contributed by atoms with E-state index in [4.69, 9.17) is 22.1 Å². The van der Waals surface area contributed by atoms with Crippen LogP contribution in [0.4, 0.5) is 5.69 Å². The van der Waals surface area contributed by atoms with Gasteiger partial charge in [-0.15, -0.1) is 0 Å². The highest BCUT2D eigenvalue weighted by atomic mass is 79.9. The van der Waals surface area contributed by atoms with E-state index in [0.717, 1.165) is 0 Å². The quantitative estimate of drug-likeness (QED) is 0.814. The topological polar surface area (TPSA) is 64.3 Å². The summed E-state index contributed by atoms with van der Waals surface area (Å²) >= 11 is 9.28. The number of benzene rings is 1. The molecule has 0 saturated carbocycles. The lowest BCUT2D eigenvalue weighted by atomic mass is 10.3. The fourth-order valence-electron chi connectivity index (χ4n) is 1.29. The van der Waals surface area contributed by atoms with Crippen LogP contribution in [0.15, 0.2) is 28.8 Å². The van der Waals surface area contributed by atoms with E-state index < -0.39 is 0 Å². The molecule has 0 bridgehead atoms. The predicted octanol–water partition coefficient (Wildman–Crippen LogP) is 2.95. The summed E-state index contributed by atoms with van der Waals surface area (Å²) < 4.78 is 6.15. The van der Waals surface area contributed by atoms with Gasteiger partial charge in [-0.1, -0.05) is 17.7 Å². The third kappa shape index (κ3) is 4.33. The van der Waals surface area contributed by atoms with Crippen molar-refractivity contribution in [2.24, 2.45) is 5.73 Å². The lowest BCUT2D eigenvalue weighted by Crippen LogP contribution is -2.10. The van der Waals surface area contributed by atoms with E-state index in [1.807, 2.05) is 6.92 Å². The van der Waals surface area contributed by atoms with Crippen LogP contribution in [0.1, 0.15) is 6.92 Å². The molecule has 6 heteroatoms. The van der Waals surface area contributed by atoms with Crippen LogP contribution in [0.25, 0.3) is 0 Å². The van der Waals surface area contributed by atoms with Crippen molar-refractivity contribution in [2.75, 3.05) is 18.5 Å². The summed E-state index contributed by atoms with van der Waals surface area (Å²) in [5, 5.41) is 3.19. The van der Waals surface area contributed by atoms with Gasteiger partial charge in [-0.05, 0) is 35.0 Å². The number of ether oxygens (including phenoxy) is 1. The van der Waals surface area contributed by atoms with Gasteiger partial charge in [0, 0.05) is 17.6 Å². The summed E-state index contributed by atoms with van der Waals surface area (Å²) in [5.41, 5.74) is 5.79. The second-order valence-corrected chi connectivity index (χ2v) is 4.62. The molecule has 0 unspecified atom stereocenters. The van der Waals surface area contributed by atoms with E-state index >= 15 is 0 Å². The van der Waals surface area contributed by atoms with Crippen LogP contribution in [0.3, 0.4) is 0 Å². The van der Waals surface area contributed by atoms with Crippen molar-refractivity contribution in [1.29, 1.82) is 0 Å². The van der Waals surface area contributed by atoms with Crippen LogP contribution in [-0.4, -0.2) is 19.1 Å². The number of anilines is 1. The summed E-state index contributed by atoms with van der Waals surface area (Å²) in [4.78, 5) is 11.6. The molecule has 0 radical (unpaired) electrons. The summed E-state index contributed by atoms with van der Waals surface area (Å²) in [6, 6.07) is 3.34. The normalized spacial score (nSPS) is 10.7. The zero-order valence-corrected chi connectivity index (χ0v) is 12.2. The van der Waals surface area contributed by atoms with Crippen molar-refractivity contribution >= 4 is 39.1 Å². The summed E-state index contributed by atoms with van der Waals surface area (Å²) in [5.74, 6) is 0.270. The Morgan fingerprint density at radius 3 is 2.94 bits per heavy atom. The molecule has 0 aliphatic rings.